The summed E-state index contributed by atoms with van der Waals surface area (Å²) in [6.07, 6.45) is 6.69. The van der Waals surface area contributed by atoms with Crippen LogP contribution in [0.1, 0.15) is 62.2 Å². The monoisotopic (exact) mass is 258 g/mol. The first kappa shape index (κ1) is 13.1. The molecule has 2 nitrogen and oxygen atoms in total. The SMILES string of the molecule is CC1CCCC(CNC2CC(N)c3ccccc32)C1. The highest BCUT2D eigenvalue weighted by atomic mass is 14.9. The predicted octanol–water partition coefficient (Wildman–Crippen LogP) is 3.55. The molecule has 0 heterocycles. The molecule has 4 unspecified atom stereocenters. The second-order valence-corrected chi connectivity index (χ2v) is 6.57. The number of benzene rings is 1. The van der Waals surface area contributed by atoms with E-state index in [-0.39, 0.29) is 6.04 Å². The highest BCUT2D eigenvalue weighted by Crippen LogP contribution is 2.37. The third-order valence-electron chi connectivity index (χ3n) is 4.96. The molecule has 0 radical (unpaired) electrons. The van der Waals surface area contributed by atoms with Crippen molar-refractivity contribution in [3.8, 4) is 0 Å². The summed E-state index contributed by atoms with van der Waals surface area (Å²) in [4.78, 5) is 0. The van der Waals surface area contributed by atoms with Gasteiger partial charge in [0, 0.05) is 12.1 Å². The lowest BCUT2D eigenvalue weighted by Crippen LogP contribution is -2.29. The van der Waals surface area contributed by atoms with Crippen molar-refractivity contribution in [1.29, 1.82) is 0 Å². The van der Waals surface area contributed by atoms with Crippen molar-refractivity contribution in [2.75, 3.05) is 6.54 Å². The minimum absolute atomic E-state index is 0.221. The molecule has 1 aromatic carbocycles. The van der Waals surface area contributed by atoms with Crippen LogP contribution in [0.3, 0.4) is 0 Å². The molecule has 1 fully saturated rings. The first-order valence-electron chi connectivity index (χ1n) is 7.82. The van der Waals surface area contributed by atoms with E-state index in [1.54, 1.807) is 0 Å². The normalized spacial score (nSPS) is 34.2. The number of fused-ring (bicyclic) bond motifs is 1. The first-order chi connectivity index (χ1) is 9.24. The molecule has 0 aromatic heterocycles. The fourth-order valence-corrected chi connectivity index (χ4v) is 3.92. The molecule has 2 heteroatoms. The Morgan fingerprint density at radius 3 is 2.74 bits per heavy atom. The van der Waals surface area contributed by atoms with E-state index in [2.05, 4.69) is 36.5 Å². The Balaban J connectivity index is 1.59. The molecule has 0 spiro atoms. The second-order valence-electron chi connectivity index (χ2n) is 6.57. The molecule has 0 bridgehead atoms. The van der Waals surface area contributed by atoms with E-state index in [1.807, 2.05) is 0 Å². The highest BCUT2D eigenvalue weighted by Gasteiger charge is 2.28. The van der Waals surface area contributed by atoms with Crippen LogP contribution in [-0.2, 0) is 0 Å². The number of rotatable bonds is 3. The lowest BCUT2D eigenvalue weighted by Gasteiger charge is -2.28. The van der Waals surface area contributed by atoms with Gasteiger partial charge in [0.2, 0.25) is 0 Å². The van der Waals surface area contributed by atoms with Crippen LogP contribution in [0.25, 0.3) is 0 Å². The number of hydrogen-bond acceptors (Lipinski definition) is 2. The Kier molecular flexibility index (Phi) is 3.90. The topological polar surface area (TPSA) is 38.0 Å². The maximum absolute atomic E-state index is 6.23. The Morgan fingerprint density at radius 2 is 1.95 bits per heavy atom. The third-order valence-corrected chi connectivity index (χ3v) is 4.96. The van der Waals surface area contributed by atoms with Crippen LogP contribution in [0.15, 0.2) is 24.3 Å². The van der Waals surface area contributed by atoms with Gasteiger partial charge in [-0.3, -0.25) is 0 Å². The molecule has 1 saturated carbocycles. The van der Waals surface area contributed by atoms with Crippen molar-refractivity contribution < 1.29 is 0 Å². The van der Waals surface area contributed by atoms with Crippen LogP contribution in [0, 0.1) is 11.8 Å². The average Bonchev–Trinajstić information content (AvgIpc) is 2.74. The lowest BCUT2D eigenvalue weighted by atomic mass is 9.82. The van der Waals surface area contributed by atoms with Gasteiger partial charge in [0.1, 0.15) is 0 Å². The van der Waals surface area contributed by atoms with Crippen molar-refractivity contribution in [2.45, 2.75) is 51.1 Å². The second kappa shape index (κ2) is 5.64. The van der Waals surface area contributed by atoms with Gasteiger partial charge in [0.05, 0.1) is 0 Å². The van der Waals surface area contributed by atoms with Crippen molar-refractivity contribution in [1.82, 2.24) is 5.32 Å². The van der Waals surface area contributed by atoms with Crippen molar-refractivity contribution in [3.05, 3.63) is 35.4 Å². The molecule has 0 saturated heterocycles. The molecule has 104 valence electrons. The molecule has 0 amide bonds. The average molecular weight is 258 g/mol. The van der Waals surface area contributed by atoms with Gasteiger partial charge in [-0.25, -0.2) is 0 Å². The van der Waals surface area contributed by atoms with Gasteiger partial charge in [0.15, 0.2) is 0 Å². The predicted molar refractivity (Wildman–Crippen MR) is 79.9 cm³/mol. The smallest absolute Gasteiger partial charge is 0.0341 e. The van der Waals surface area contributed by atoms with Crippen LogP contribution >= 0.6 is 0 Å². The van der Waals surface area contributed by atoms with Crippen LogP contribution in [0.5, 0.6) is 0 Å². The Bertz CT molecular complexity index is 429. The van der Waals surface area contributed by atoms with Gasteiger partial charge in [-0.2, -0.15) is 0 Å². The van der Waals surface area contributed by atoms with Crippen LogP contribution in [0.4, 0.5) is 0 Å². The Hall–Kier alpha value is -0.860. The van der Waals surface area contributed by atoms with E-state index in [4.69, 9.17) is 5.73 Å². The summed E-state index contributed by atoms with van der Waals surface area (Å²) in [5.74, 6) is 1.78. The maximum atomic E-state index is 6.23. The van der Waals surface area contributed by atoms with Crippen LogP contribution < -0.4 is 11.1 Å². The van der Waals surface area contributed by atoms with E-state index >= 15 is 0 Å². The number of nitrogens with one attached hydrogen (secondary N) is 1. The zero-order valence-electron chi connectivity index (χ0n) is 11.9. The molecule has 3 N–H and O–H groups in total. The standard InChI is InChI=1S/C17H26N2/c1-12-5-4-6-13(9-12)11-19-17-10-16(18)14-7-2-3-8-15(14)17/h2-3,7-8,12-13,16-17,19H,4-6,9-11,18H2,1H3. The summed E-state index contributed by atoms with van der Waals surface area (Å²) in [6.45, 7) is 3.56. The lowest BCUT2D eigenvalue weighted by molar-refractivity contribution is 0.266. The molecule has 3 rings (SSSR count). The molecule has 1 aromatic rings. The van der Waals surface area contributed by atoms with Gasteiger partial charge < -0.3 is 11.1 Å². The van der Waals surface area contributed by atoms with Crippen molar-refractivity contribution >= 4 is 0 Å². The minimum atomic E-state index is 0.221. The van der Waals surface area contributed by atoms with Gasteiger partial charge in [-0.1, -0.05) is 44.0 Å². The molecule has 2 aliphatic rings. The van der Waals surface area contributed by atoms with Crippen LogP contribution in [0.2, 0.25) is 0 Å². The van der Waals surface area contributed by atoms with E-state index in [0.717, 1.165) is 24.8 Å². The molecule has 19 heavy (non-hydrogen) atoms. The van der Waals surface area contributed by atoms with Gasteiger partial charge in [-0.05, 0) is 48.8 Å². The van der Waals surface area contributed by atoms with Crippen molar-refractivity contribution in [2.24, 2.45) is 17.6 Å². The summed E-state index contributed by atoms with van der Waals surface area (Å²) in [6, 6.07) is 9.36. The molecular weight excluding hydrogens is 232 g/mol. The van der Waals surface area contributed by atoms with E-state index in [9.17, 15) is 0 Å². The van der Waals surface area contributed by atoms with Gasteiger partial charge in [0.25, 0.3) is 0 Å². The molecule has 4 atom stereocenters. The minimum Gasteiger partial charge on any atom is -0.324 e. The van der Waals surface area contributed by atoms with Gasteiger partial charge >= 0.3 is 0 Å². The van der Waals surface area contributed by atoms with Crippen LogP contribution in [-0.4, -0.2) is 6.54 Å². The highest BCUT2D eigenvalue weighted by molar-refractivity contribution is 5.37. The number of nitrogens with two attached hydrogens (primary N) is 1. The summed E-state index contributed by atoms with van der Waals surface area (Å²) in [5, 5.41) is 3.78. The Labute approximate surface area is 116 Å². The zero-order chi connectivity index (χ0) is 13.2. The summed E-state index contributed by atoms with van der Waals surface area (Å²) in [7, 11) is 0. The zero-order valence-corrected chi connectivity index (χ0v) is 11.9. The quantitative estimate of drug-likeness (QED) is 0.870. The first-order valence-corrected chi connectivity index (χ1v) is 7.82. The molecule has 0 aliphatic heterocycles. The van der Waals surface area contributed by atoms with E-state index < -0.39 is 0 Å². The molecular formula is C17H26N2. The fourth-order valence-electron chi connectivity index (χ4n) is 3.92. The fraction of sp³-hybridized carbons (Fsp3) is 0.647. The summed E-state index contributed by atoms with van der Waals surface area (Å²) >= 11 is 0. The largest absolute Gasteiger partial charge is 0.324 e. The number of hydrogen-bond donors (Lipinski definition) is 2. The summed E-state index contributed by atoms with van der Waals surface area (Å²) < 4.78 is 0. The summed E-state index contributed by atoms with van der Waals surface area (Å²) in [5.41, 5.74) is 9.00. The van der Waals surface area contributed by atoms with Gasteiger partial charge in [-0.15, -0.1) is 0 Å². The maximum Gasteiger partial charge on any atom is 0.0341 e. The van der Waals surface area contributed by atoms with Crippen molar-refractivity contribution in [3.63, 3.8) is 0 Å². The molecule has 2 aliphatic carbocycles. The van der Waals surface area contributed by atoms with E-state index in [1.165, 1.54) is 36.8 Å². The van der Waals surface area contributed by atoms with E-state index in [0.29, 0.717) is 6.04 Å². The Morgan fingerprint density at radius 1 is 1.16 bits per heavy atom. The third kappa shape index (κ3) is 2.85.